The van der Waals surface area contributed by atoms with E-state index in [0.29, 0.717) is 0 Å². The van der Waals surface area contributed by atoms with E-state index in [2.05, 4.69) is 6.58 Å². The zero-order chi connectivity index (χ0) is 12.4. The summed E-state index contributed by atoms with van der Waals surface area (Å²) in [5.74, 6) is -1.12. The Bertz CT molecular complexity index is 579. The third kappa shape index (κ3) is 2.07. The minimum atomic E-state index is -0.939. The van der Waals surface area contributed by atoms with Gasteiger partial charge >= 0.3 is 5.97 Å². The van der Waals surface area contributed by atoms with Crippen LogP contribution in [0.25, 0.3) is 10.8 Å². The third-order valence-corrected chi connectivity index (χ3v) is 3.09. The molecule has 0 heterocycles. The topological polar surface area (TPSA) is 37.3 Å². The maximum Gasteiger partial charge on any atom is 0.331 e. The van der Waals surface area contributed by atoms with Gasteiger partial charge in [-0.15, -0.1) is 0 Å². The zero-order valence-electron chi connectivity index (χ0n) is 9.68. The van der Waals surface area contributed by atoms with E-state index >= 15 is 0 Å². The lowest BCUT2D eigenvalue weighted by Crippen LogP contribution is -2.07. The summed E-state index contributed by atoms with van der Waals surface area (Å²) in [4.78, 5) is 11.0. The molecule has 0 spiro atoms. The fourth-order valence-corrected chi connectivity index (χ4v) is 2.00. The summed E-state index contributed by atoms with van der Waals surface area (Å²) in [7, 11) is 0. The van der Waals surface area contributed by atoms with Crippen LogP contribution in [0.3, 0.4) is 0 Å². The fraction of sp³-hybridized carbons (Fsp3) is 0.133. The summed E-state index contributed by atoms with van der Waals surface area (Å²) < 4.78 is 0. The monoisotopic (exact) mass is 226 g/mol. The molecule has 0 amide bonds. The van der Waals surface area contributed by atoms with Crippen LogP contribution in [0.2, 0.25) is 0 Å². The lowest BCUT2D eigenvalue weighted by molar-refractivity contribution is -0.132. The number of hydrogen-bond donors (Lipinski definition) is 1. The maximum absolute atomic E-state index is 11.0. The number of benzene rings is 2. The summed E-state index contributed by atoms with van der Waals surface area (Å²) >= 11 is 0. The first-order chi connectivity index (χ1) is 8.11. The number of carbonyl (C=O) groups is 1. The van der Waals surface area contributed by atoms with Crippen molar-refractivity contribution in [2.75, 3.05) is 0 Å². The quantitative estimate of drug-likeness (QED) is 0.812. The molecule has 0 aliphatic heterocycles. The molecule has 1 atom stereocenters. The highest BCUT2D eigenvalue weighted by Gasteiger charge is 2.17. The Morgan fingerprint density at radius 3 is 2.53 bits per heavy atom. The summed E-state index contributed by atoms with van der Waals surface area (Å²) in [5.41, 5.74) is 1.23. The summed E-state index contributed by atoms with van der Waals surface area (Å²) in [6.07, 6.45) is 0. The molecule has 86 valence electrons. The van der Waals surface area contributed by atoms with E-state index in [-0.39, 0.29) is 11.5 Å². The van der Waals surface area contributed by atoms with Crippen molar-refractivity contribution in [3.05, 3.63) is 60.2 Å². The van der Waals surface area contributed by atoms with Gasteiger partial charge in [-0.2, -0.15) is 0 Å². The van der Waals surface area contributed by atoms with E-state index in [0.717, 1.165) is 16.3 Å². The van der Waals surface area contributed by atoms with Gasteiger partial charge in [-0.25, -0.2) is 4.79 Å². The standard InChI is InChI=1S/C15H14O2/c1-10(11(2)15(16)17)13-9-5-7-12-6-3-4-8-14(12)13/h3-10H,2H2,1H3,(H,16,17)/t10-/m1/s1. The van der Waals surface area contributed by atoms with Crippen LogP contribution in [-0.4, -0.2) is 11.1 Å². The Kier molecular flexibility index (Phi) is 2.96. The van der Waals surface area contributed by atoms with Crippen LogP contribution < -0.4 is 0 Å². The second-order valence-corrected chi connectivity index (χ2v) is 4.12. The molecule has 0 unspecified atom stereocenters. The molecule has 2 rings (SSSR count). The second kappa shape index (κ2) is 4.42. The molecule has 17 heavy (non-hydrogen) atoms. The van der Waals surface area contributed by atoms with Gasteiger partial charge in [-0.1, -0.05) is 56.0 Å². The van der Waals surface area contributed by atoms with E-state index in [1.165, 1.54) is 0 Å². The number of fused-ring (bicyclic) bond motifs is 1. The van der Waals surface area contributed by atoms with E-state index in [4.69, 9.17) is 5.11 Å². The fourth-order valence-electron chi connectivity index (χ4n) is 2.00. The number of rotatable bonds is 3. The highest BCUT2D eigenvalue weighted by Crippen LogP contribution is 2.29. The Morgan fingerprint density at radius 1 is 1.18 bits per heavy atom. The molecule has 0 fully saturated rings. The highest BCUT2D eigenvalue weighted by atomic mass is 16.4. The van der Waals surface area contributed by atoms with Gasteiger partial charge in [0, 0.05) is 11.5 Å². The molecule has 2 aromatic carbocycles. The molecular weight excluding hydrogens is 212 g/mol. The lowest BCUT2D eigenvalue weighted by Gasteiger charge is -2.14. The minimum absolute atomic E-state index is 0.182. The molecule has 0 saturated carbocycles. The first-order valence-electron chi connectivity index (χ1n) is 5.51. The van der Waals surface area contributed by atoms with Gasteiger partial charge in [0.1, 0.15) is 0 Å². The summed E-state index contributed by atoms with van der Waals surface area (Å²) in [6, 6.07) is 13.9. The van der Waals surface area contributed by atoms with Gasteiger partial charge in [0.2, 0.25) is 0 Å². The van der Waals surface area contributed by atoms with Crippen LogP contribution in [-0.2, 0) is 4.79 Å². The van der Waals surface area contributed by atoms with Gasteiger partial charge < -0.3 is 5.11 Å². The molecule has 2 aromatic rings. The van der Waals surface area contributed by atoms with Gasteiger partial charge in [0.05, 0.1) is 0 Å². The van der Waals surface area contributed by atoms with E-state index in [1.807, 2.05) is 49.4 Å². The van der Waals surface area contributed by atoms with Crippen molar-refractivity contribution in [2.24, 2.45) is 0 Å². The van der Waals surface area contributed by atoms with Crippen LogP contribution in [0.4, 0.5) is 0 Å². The van der Waals surface area contributed by atoms with E-state index < -0.39 is 5.97 Å². The second-order valence-electron chi connectivity index (χ2n) is 4.12. The van der Waals surface area contributed by atoms with Crippen molar-refractivity contribution >= 4 is 16.7 Å². The number of carboxylic acid groups (broad SMARTS) is 1. The van der Waals surface area contributed by atoms with Crippen LogP contribution in [0.5, 0.6) is 0 Å². The third-order valence-electron chi connectivity index (χ3n) is 3.09. The highest BCUT2D eigenvalue weighted by molar-refractivity contribution is 5.91. The Balaban J connectivity index is 2.56. The summed E-state index contributed by atoms with van der Waals surface area (Å²) in [5, 5.41) is 11.2. The van der Waals surface area contributed by atoms with Crippen LogP contribution in [0, 0.1) is 0 Å². The molecule has 2 heteroatoms. The average Bonchev–Trinajstić information content (AvgIpc) is 2.36. The Labute approximate surface area is 100 Å². The molecule has 0 aliphatic carbocycles. The average molecular weight is 226 g/mol. The largest absolute Gasteiger partial charge is 0.478 e. The van der Waals surface area contributed by atoms with E-state index in [1.54, 1.807) is 0 Å². The molecule has 0 radical (unpaired) electrons. The molecule has 0 aromatic heterocycles. The molecule has 1 N–H and O–H groups in total. The number of aliphatic carboxylic acids is 1. The molecule has 0 saturated heterocycles. The van der Waals surface area contributed by atoms with Crippen LogP contribution in [0.15, 0.2) is 54.6 Å². The smallest absolute Gasteiger partial charge is 0.331 e. The first-order valence-corrected chi connectivity index (χ1v) is 5.51. The van der Waals surface area contributed by atoms with Crippen molar-refractivity contribution in [1.29, 1.82) is 0 Å². The molecule has 0 aliphatic rings. The molecular formula is C15H14O2. The normalized spacial score (nSPS) is 12.3. The van der Waals surface area contributed by atoms with Crippen molar-refractivity contribution < 1.29 is 9.90 Å². The van der Waals surface area contributed by atoms with Crippen molar-refractivity contribution in [3.63, 3.8) is 0 Å². The van der Waals surface area contributed by atoms with Gasteiger partial charge in [0.15, 0.2) is 0 Å². The van der Waals surface area contributed by atoms with Crippen molar-refractivity contribution in [3.8, 4) is 0 Å². The molecule has 0 bridgehead atoms. The van der Waals surface area contributed by atoms with E-state index in [9.17, 15) is 4.79 Å². The zero-order valence-corrected chi connectivity index (χ0v) is 9.68. The SMILES string of the molecule is C=C(C(=O)O)[C@@H](C)c1cccc2ccccc12. The van der Waals surface area contributed by atoms with Gasteiger partial charge in [-0.3, -0.25) is 0 Å². The summed E-state index contributed by atoms with van der Waals surface area (Å²) in [6.45, 7) is 5.51. The van der Waals surface area contributed by atoms with Gasteiger partial charge in [0.25, 0.3) is 0 Å². The first kappa shape index (κ1) is 11.4. The predicted octanol–water partition coefficient (Wildman–Crippen LogP) is 3.58. The number of carboxylic acids is 1. The minimum Gasteiger partial charge on any atom is -0.478 e. The molecule has 2 nitrogen and oxygen atoms in total. The van der Waals surface area contributed by atoms with Crippen molar-refractivity contribution in [1.82, 2.24) is 0 Å². The van der Waals surface area contributed by atoms with Crippen LogP contribution >= 0.6 is 0 Å². The maximum atomic E-state index is 11.0. The Hall–Kier alpha value is -2.09. The number of hydrogen-bond acceptors (Lipinski definition) is 1. The van der Waals surface area contributed by atoms with Crippen molar-refractivity contribution in [2.45, 2.75) is 12.8 Å². The van der Waals surface area contributed by atoms with Crippen LogP contribution in [0.1, 0.15) is 18.4 Å². The predicted molar refractivity (Wildman–Crippen MR) is 69.1 cm³/mol. The Morgan fingerprint density at radius 2 is 1.82 bits per heavy atom. The van der Waals surface area contributed by atoms with Gasteiger partial charge in [-0.05, 0) is 16.3 Å². The lowest BCUT2D eigenvalue weighted by atomic mass is 9.90.